The number of rotatable bonds is 7. The molecule has 0 aliphatic heterocycles. The zero-order valence-corrected chi connectivity index (χ0v) is 8.53. The summed E-state index contributed by atoms with van der Waals surface area (Å²) in [5.41, 5.74) is 7.41. The van der Waals surface area contributed by atoms with Crippen LogP contribution in [0.2, 0.25) is 0 Å². The first-order chi connectivity index (χ1) is 5.56. The fourth-order valence-corrected chi connectivity index (χ4v) is 1.21. The van der Waals surface area contributed by atoms with Gasteiger partial charge < -0.3 is 0 Å². The summed E-state index contributed by atoms with van der Waals surface area (Å²) >= 11 is 0. The van der Waals surface area contributed by atoms with Gasteiger partial charge in [0.2, 0.25) is 0 Å². The Bertz CT molecular complexity index is 111. The second-order valence-electron chi connectivity index (χ2n) is 4.13. The second-order valence-corrected chi connectivity index (χ2v) is 4.13. The van der Waals surface area contributed by atoms with E-state index in [2.05, 4.69) is 6.58 Å². The molecule has 1 N–H and O–H groups in total. The molecular weight excluding hydrogens is 146 g/mol. The van der Waals surface area contributed by atoms with Gasteiger partial charge in [0.15, 0.2) is 0 Å². The quantitative estimate of drug-likeness (QED) is 0.410. The van der Waals surface area contributed by atoms with Crippen molar-refractivity contribution in [1.29, 1.82) is 0 Å². The highest BCUT2D eigenvalue weighted by Gasteiger charge is 2.09. The first kappa shape index (κ1) is 11.7. The minimum Gasteiger partial charge on any atom is -0.252 e. The number of unbranched alkanes of at least 4 members (excludes halogenated alkanes) is 4. The number of allylic oxidation sites excluding steroid dienone is 1. The molecule has 1 radical (unpaired) electrons. The molecule has 0 unspecified atom stereocenters. The van der Waals surface area contributed by atoms with Gasteiger partial charge in [0.1, 0.15) is 0 Å². The predicted octanol–water partition coefficient (Wildman–Crippen LogP) is 3.57. The van der Waals surface area contributed by atoms with E-state index >= 15 is 0 Å². The molecule has 0 fully saturated rings. The molecule has 0 amide bonds. The standard InChI is InChI=1S/C11H22N/c1-4-5-6-7-8-9-10-11(2,3)12/h4,12H,1,5-10H2,2-3H3. The molecular formula is C11H22N. The molecule has 0 aliphatic carbocycles. The maximum Gasteiger partial charge on any atom is 0.0267 e. The van der Waals surface area contributed by atoms with E-state index in [0.29, 0.717) is 0 Å². The summed E-state index contributed by atoms with van der Waals surface area (Å²) in [6.07, 6.45) is 9.19. The lowest BCUT2D eigenvalue weighted by atomic mass is 9.97. The van der Waals surface area contributed by atoms with E-state index in [9.17, 15) is 0 Å². The van der Waals surface area contributed by atoms with Crippen molar-refractivity contribution in [3.8, 4) is 0 Å². The van der Waals surface area contributed by atoms with Crippen molar-refractivity contribution >= 4 is 0 Å². The number of hydrogen-bond donors (Lipinski definition) is 0. The smallest absolute Gasteiger partial charge is 0.0267 e. The third-order valence-corrected chi connectivity index (χ3v) is 1.96. The summed E-state index contributed by atoms with van der Waals surface area (Å²) in [6.45, 7) is 7.65. The lowest BCUT2D eigenvalue weighted by Gasteiger charge is -2.16. The molecule has 0 rings (SSSR count). The maximum absolute atomic E-state index is 7.63. The Labute approximate surface area is 77.0 Å². The van der Waals surface area contributed by atoms with Crippen molar-refractivity contribution in [3.63, 3.8) is 0 Å². The summed E-state index contributed by atoms with van der Waals surface area (Å²) in [5.74, 6) is 0. The molecule has 0 heterocycles. The van der Waals surface area contributed by atoms with Crippen LogP contribution in [-0.2, 0) is 0 Å². The summed E-state index contributed by atoms with van der Waals surface area (Å²) in [7, 11) is 0. The molecule has 71 valence electrons. The van der Waals surface area contributed by atoms with Crippen LogP contribution in [0, 0.1) is 0 Å². The van der Waals surface area contributed by atoms with E-state index in [1.54, 1.807) is 0 Å². The minimum absolute atomic E-state index is 0.224. The predicted molar refractivity (Wildman–Crippen MR) is 55.1 cm³/mol. The van der Waals surface area contributed by atoms with E-state index in [1.165, 1.54) is 25.7 Å². The van der Waals surface area contributed by atoms with E-state index in [4.69, 9.17) is 5.73 Å². The van der Waals surface area contributed by atoms with Crippen LogP contribution >= 0.6 is 0 Å². The Morgan fingerprint density at radius 1 is 1.17 bits per heavy atom. The Morgan fingerprint density at radius 2 is 1.75 bits per heavy atom. The topological polar surface area (TPSA) is 23.8 Å². The van der Waals surface area contributed by atoms with Crippen molar-refractivity contribution in [2.45, 2.75) is 57.9 Å². The van der Waals surface area contributed by atoms with E-state index in [0.717, 1.165) is 12.8 Å². The van der Waals surface area contributed by atoms with Gasteiger partial charge in [-0.25, -0.2) is 0 Å². The van der Waals surface area contributed by atoms with Crippen molar-refractivity contribution in [2.75, 3.05) is 0 Å². The van der Waals surface area contributed by atoms with E-state index in [1.807, 2.05) is 19.9 Å². The lowest BCUT2D eigenvalue weighted by Crippen LogP contribution is -2.20. The average Bonchev–Trinajstić information content (AvgIpc) is 1.94. The van der Waals surface area contributed by atoms with Gasteiger partial charge in [-0.2, -0.15) is 0 Å². The van der Waals surface area contributed by atoms with Crippen molar-refractivity contribution in [3.05, 3.63) is 12.7 Å². The zero-order chi connectivity index (χ0) is 9.45. The molecule has 0 aromatic heterocycles. The van der Waals surface area contributed by atoms with Gasteiger partial charge in [-0.15, -0.1) is 6.58 Å². The molecule has 12 heavy (non-hydrogen) atoms. The van der Waals surface area contributed by atoms with E-state index in [-0.39, 0.29) is 5.54 Å². The van der Waals surface area contributed by atoms with Gasteiger partial charge in [0.05, 0.1) is 0 Å². The van der Waals surface area contributed by atoms with Gasteiger partial charge in [-0.1, -0.05) is 25.3 Å². The van der Waals surface area contributed by atoms with Gasteiger partial charge in [-0.05, 0) is 33.1 Å². The molecule has 0 aliphatic rings. The number of hydrogen-bond acceptors (Lipinski definition) is 0. The fraction of sp³-hybridized carbons (Fsp3) is 0.818. The van der Waals surface area contributed by atoms with Crippen LogP contribution in [0.5, 0.6) is 0 Å². The van der Waals surface area contributed by atoms with Crippen LogP contribution in [0.1, 0.15) is 52.4 Å². The third-order valence-electron chi connectivity index (χ3n) is 1.96. The molecule has 0 bridgehead atoms. The minimum atomic E-state index is -0.224. The average molecular weight is 168 g/mol. The van der Waals surface area contributed by atoms with Crippen molar-refractivity contribution in [1.82, 2.24) is 5.73 Å². The van der Waals surface area contributed by atoms with Gasteiger partial charge in [0, 0.05) is 5.54 Å². The largest absolute Gasteiger partial charge is 0.252 e. The number of nitrogens with one attached hydrogen (secondary N) is 1. The summed E-state index contributed by atoms with van der Waals surface area (Å²) < 4.78 is 0. The highest BCUT2D eigenvalue weighted by Crippen LogP contribution is 2.13. The summed E-state index contributed by atoms with van der Waals surface area (Å²) in [5, 5.41) is 0. The first-order valence-electron chi connectivity index (χ1n) is 4.92. The molecule has 1 heteroatoms. The van der Waals surface area contributed by atoms with Crippen molar-refractivity contribution < 1.29 is 0 Å². The normalized spacial score (nSPS) is 11.6. The van der Waals surface area contributed by atoms with Gasteiger partial charge in [0.25, 0.3) is 0 Å². The van der Waals surface area contributed by atoms with Crippen LogP contribution in [0.25, 0.3) is 0 Å². The molecule has 0 saturated carbocycles. The molecule has 0 saturated heterocycles. The second kappa shape index (κ2) is 6.24. The fourth-order valence-electron chi connectivity index (χ4n) is 1.21. The highest BCUT2D eigenvalue weighted by molar-refractivity contribution is 4.70. The van der Waals surface area contributed by atoms with Crippen molar-refractivity contribution in [2.24, 2.45) is 0 Å². The zero-order valence-electron chi connectivity index (χ0n) is 8.53. The van der Waals surface area contributed by atoms with Gasteiger partial charge in [-0.3, -0.25) is 5.73 Å². The molecule has 0 aromatic carbocycles. The first-order valence-corrected chi connectivity index (χ1v) is 4.92. The van der Waals surface area contributed by atoms with Crippen LogP contribution in [0.3, 0.4) is 0 Å². The molecule has 0 atom stereocenters. The molecule has 1 nitrogen and oxygen atoms in total. The Morgan fingerprint density at radius 3 is 2.25 bits per heavy atom. The molecule has 0 spiro atoms. The highest BCUT2D eigenvalue weighted by atomic mass is 14.7. The Kier molecular flexibility index (Phi) is 6.09. The summed E-state index contributed by atoms with van der Waals surface area (Å²) in [6, 6.07) is 0. The summed E-state index contributed by atoms with van der Waals surface area (Å²) in [4.78, 5) is 0. The van der Waals surface area contributed by atoms with Crippen LogP contribution < -0.4 is 5.73 Å². The maximum atomic E-state index is 7.63. The monoisotopic (exact) mass is 168 g/mol. The van der Waals surface area contributed by atoms with Gasteiger partial charge >= 0.3 is 0 Å². The Hall–Kier alpha value is -0.300. The SMILES string of the molecule is C=CCCCCCCC(C)(C)[NH]. The van der Waals surface area contributed by atoms with Crippen LogP contribution in [0.4, 0.5) is 0 Å². The lowest BCUT2D eigenvalue weighted by molar-refractivity contribution is 0.430. The third kappa shape index (κ3) is 9.70. The van der Waals surface area contributed by atoms with E-state index < -0.39 is 0 Å². The molecule has 0 aromatic rings. The van der Waals surface area contributed by atoms with Crippen LogP contribution in [-0.4, -0.2) is 5.54 Å². The Balaban J connectivity index is 3.06. The van der Waals surface area contributed by atoms with Crippen LogP contribution in [0.15, 0.2) is 12.7 Å².